The SMILES string of the molecule is COc1ccc(-c2cc(C(=O)O)c(F)cc2C)cc1CNC(=O)c1ccc(OC(C)C)cc1Cl. The van der Waals surface area contributed by atoms with Crippen molar-refractivity contribution < 1.29 is 28.6 Å². The summed E-state index contributed by atoms with van der Waals surface area (Å²) in [6, 6.07) is 12.6. The monoisotopic (exact) mass is 485 g/mol. The van der Waals surface area contributed by atoms with E-state index in [-0.39, 0.29) is 23.6 Å². The Bertz CT molecular complexity index is 1240. The number of rotatable bonds is 8. The second-order valence-electron chi connectivity index (χ2n) is 7.97. The molecule has 0 bridgehead atoms. The van der Waals surface area contributed by atoms with E-state index in [4.69, 9.17) is 21.1 Å². The zero-order valence-electron chi connectivity index (χ0n) is 19.2. The molecular weight excluding hydrogens is 461 g/mol. The van der Waals surface area contributed by atoms with Gasteiger partial charge in [0.05, 0.1) is 29.4 Å². The number of aromatic carboxylic acids is 1. The zero-order valence-corrected chi connectivity index (χ0v) is 20.0. The topological polar surface area (TPSA) is 84.9 Å². The predicted octanol–water partition coefficient (Wildman–Crippen LogP) is 5.88. The van der Waals surface area contributed by atoms with Crippen molar-refractivity contribution in [2.75, 3.05) is 7.11 Å². The molecule has 3 aromatic rings. The van der Waals surface area contributed by atoms with Gasteiger partial charge >= 0.3 is 5.97 Å². The molecule has 0 heterocycles. The normalized spacial score (nSPS) is 10.8. The van der Waals surface area contributed by atoms with Crippen LogP contribution in [0.15, 0.2) is 48.5 Å². The Kier molecular flexibility index (Phi) is 7.79. The van der Waals surface area contributed by atoms with Crippen LogP contribution in [-0.2, 0) is 6.54 Å². The summed E-state index contributed by atoms with van der Waals surface area (Å²) < 4.78 is 25.0. The molecule has 0 aliphatic carbocycles. The summed E-state index contributed by atoms with van der Waals surface area (Å²) in [6.45, 7) is 5.62. The lowest BCUT2D eigenvalue weighted by Crippen LogP contribution is -2.23. The minimum atomic E-state index is -1.35. The number of benzene rings is 3. The van der Waals surface area contributed by atoms with Crippen LogP contribution < -0.4 is 14.8 Å². The minimum Gasteiger partial charge on any atom is -0.496 e. The highest BCUT2D eigenvalue weighted by Crippen LogP contribution is 2.31. The number of carbonyl (C=O) groups is 2. The Balaban J connectivity index is 1.86. The lowest BCUT2D eigenvalue weighted by atomic mass is 9.96. The van der Waals surface area contributed by atoms with Crippen molar-refractivity contribution in [1.82, 2.24) is 5.32 Å². The molecule has 178 valence electrons. The van der Waals surface area contributed by atoms with Gasteiger partial charge in [-0.15, -0.1) is 0 Å². The second kappa shape index (κ2) is 10.6. The molecule has 34 heavy (non-hydrogen) atoms. The highest BCUT2D eigenvalue weighted by Gasteiger charge is 2.17. The quantitative estimate of drug-likeness (QED) is 0.416. The van der Waals surface area contributed by atoms with E-state index in [1.54, 1.807) is 43.3 Å². The van der Waals surface area contributed by atoms with Crippen molar-refractivity contribution >= 4 is 23.5 Å². The molecule has 2 N–H and O–H groups in total. The molecule has 8 heteroatoms. The first-order chi connectivity index (χ1) is 16.1. The van der Waals surface area contributed by atoms with E-state index in [0.717, 1.165) is 0 Å². The fourth-order valence-electron chi connectivity index (χ4n) is 3.53. The first-order valence-electron chi connectivity index (χ1n) is 10.6. The van der Waals surface area contributed by atoms with Crippen LogP contribution >= 0.6 is 11.6 Å². The maximum absolute atomic E-state index is 14.0. The van der Waals surface area contributed by atoms with Crippen LogP contribution in [0, 0.1) is 12.7 Å². The fraction of sp³-hybridized carbons (Fsp3) is 0.231. The Morgan fingerprint density at radius 2 is 1.82 bits per heavy atom. The van der Waals surface area contributed by atoms with E-state index in [2.05, 4.69) is 5.32 Å². The molecule has 0 aromatic heterocycles. The van der Waals surface area contributed by atoms with Crippen LogP contribution in [-0.4, -0.2) is 30.2 Å². The Morgan fingerprint density at radius 3 is 2.44 bits per heavy atom. The molecule has 0 aliphatic rings. The first-order valence-corrected chi connectivity index (χ1v) is 10.9. The van der Waals surface area contributed by atoms with Gasteiger partial charge in [0.15, 0.2) is 0 Å². The number of carbonyl (C=O) groups excluding carboxylic acids is 1. The highest BCUT2D eigenvalue weighted by molar-refractivity contribution is 6.34. The number of amides is 1. The number of methoxy groups -OCH3 is 1. The number of hydrogen-bond donors (Lipinski definition) is 2. The molecule has 0 saturated carbocycles. The van der Waals surface area contributed by atoms with Crippen molar-refractivity contribution in [3.8, 4) is 22.6 Å². The van der Waals surface area contributed by atoms with Crippen molar-refractivity contribution in [1.29, 1.82) is 0 Å². The summed E-state index contributed by atoms with van der Waals surface area (Å²) in [5.41, 5.74) is 2.36. The number of hydrogen-bond acceptors (Lipinski definition) is 4. The van der Waals surface area contributed by atoms with Crippen LogP contribution in [0.1, 0.15) is 45.7 Å². The third kappa shape index (κ3) is 5.66. The summed E-state index contributed by atoms with van der Waals surface area (Å²) in [6.07, 6.45) is -0.0215. The zero-order chi connectivity index (χ0) is 25.0. The van der Waals surface area contributed by atoms with Crippen molar-refractivity contribution in [2.24, 2.45) is 0 Å². The molecule has 3 aromatic carbocycles. The largest absolute Gasteiger partial charge is 0.496 e. The summed E-state index contributed by atoms with van der Waals surface area (Å²) in [7, 11) is 1.51. The Morgan fingerprint density at radius 1 is 1.09 bits per heavy atom. The Labute approximate surface area is 202 Å². The number of carboxylic acids is 1. The second-order valence-corrected chi connectivity index (χ2v) is 8.38. The fourth-order valence-corrected chi connectivity index (χ4v) is 3.78. The molecule has 0 unspecified atom stereocenters. The van der Waals surface area contributed by atoms with Crippen molar-refractivity contribution in [3.05, 3.63) is 81.6 Å². The van der Waals surface area contributed by atoms with Gasteiger partial charge in [-0.3, -0.25) is 4.79 Å². The van der Waals surface area contributed by atoms with Crippen molar-refractivity contribution in [2.45, 2.75) is 33.4 Å². The molecule has 0 atom stereocenters. The predicted molar refractivity (Wildman–Crippen MR) is 128 cm³/mol. The van der Waals surface area contributed by atoms with Gasteiger partial charge in [0.2, 0.25) is 0 Å². The van der Waals surface area contributed by atoms with E-state index in [0.29, 0.717) is 39.3 Å². The van der Waals surface area contributed by atoms with E-state index in [1.165, 1.54) is 19.2 Å². The van der Waals surface area contributed by atoms with Crippen LogP contribution in [0.3, 0.4) is 0 Å². The van der Waals surface area contributed by atoms with Crippen LogP contribution in [0.25, 0.3) is 11.1 Å². The molecule has 0 fully saturated rings. The summed E-state index contributed by atoms with van der Waals surface area (Å²) >= 11 is 6.28. The molecule has 0 aliphatic heterocycles. The van der Waals surface area contributed by atoms with Gasteiger partial charge in [-0.2, -0.15) is 0 Å². The van der Waals surface area contributed by atoms with Gasteiger partial charge in [-0.05, 0) is 79.9 Å². The van der Waals surface area contributed by atoms with Gasteiger partial charge < -0.3 is 19.9 Å². The van der Waals surface area contributed by atoms with E-state index < -0.39 is 17.3 Å². The summed E-state index contributed by atoms with van der Waals surface area (Å²) in [5.74, 6) is -1.41. The minimum absolute atomic E-state index is 0.0215. The summed E-state index contributed by atoms with van der Waals surface area (Å²) in [5, 5.41) is 12.4. The van der Waals surface area contributed by atoms with Gasteiger partial charge in [0, 0.05) is 12.1 Å². The van der Waals surface area contributed by atoms with Crippen molar-refractivity contribution in [3.63, 3.8) is 0 Å². The average molecular weight is 486 g/mol. The standard InChI is InChI=1S/C26H25ClFNO5/c1-14(2)34-18-6-7-19(22(27)11-18)25(30)29-13-17-10-16(5-8-24(17)33-4)20-12-21(26(31)32)23(28)9-15(20)3/h5-12,14H,13H2,1-4H3,(H,29,30)(H,31,32). The summed E-state index contributed by atoms with van der Waals surface area (Å²) in [4.78, 5) is 24.1. The third-order valence-electron chi connectivity index (χ3n) is 5.13. The van der Waals surface area contributed by atoms with Crippen LogP contribution in [0.5, 0.6) is 11.5 Å². The molecule has 1 amide bonds. The van der Waals surface area contributed by atoms with E-state index >= 15 is 0 Å². The van der Waals surface area contributed by atoms with Crippen LogP contribution in [0.2, 0.25) is 5.02 Å². The maximum atomic E-state index is 14.0. The molecule has 0 radical (unpaired) electrons. The highest BCUT2D eigenvalue weighted by atomic mass is 35.5. The Hall–Kier alpha value is -3.58. The van der Waals surface area contributed by atoms with E-state index in [1.807, 2.05) is 13.8 Å². The van der Waals surface area contributed by atoms with Gasteiger partial charge in [-0.1, -0.05) is 17.7 Å². The number of ether oxygens (including phenoxy) is 2. The van der Waals surface area contributed by atoms with Crippen LogP contribution in [0.4, 0.5) is 4.39 Å². The maximum Gasteiger partial charge on any atom is 0.338 e. The lowest BCUT2D eigenvalue weighted by molar-refractivity contribution is 0.0691. The van der Waals surface area contributed by atoms with Gasteiger partial charge in [0.1, 0.15) is 17.3 Å². The molecule has 0 spiro atoms. The number of aryl methyl sites for hydroxylation is 1. The van der Waals surface area contributed by atoms with E-state index in [9.17, 15) is 19.1 Å². The molecule has 0 saturated heterocycles. The number of nitrogens with one attached hydrogen (secondary N) is 1. The molecule has 6 nitrogen and oxygen atoms in total. The molecule has 3 rings (SSSR count). The third-order valence-corrected chi connectivity index (χ3v) is 5.44. The number of carboxylic acid groups (broad SMARTS) is 1. The number of halogens is 2. The van der Waals surface area contributed by atoms with Gasteiger partial charge in [0.25, 0.3) is 5.91 Å². The smallest absolute Gasteiger partial charge is 0.338 e. The average Bonchev–Trinajstić information content (AvgIpc) is 2.76. The lowest BCUT2D eigenvalue weighted by Gasteiger charge is -2.15. The first kappa shape index (κ1) is 25.1. The molecular formula is C26H25ClFNO5. The van der Waals surface area contributed by atoms with Gasteiger partial charge in [-0.25, -0.2) is 9.18 Å².